The summed E-state index contributed by atoms with van der Waals surface area (Å²) in [4.78, 5) is 16.5. The fourth-order valence-corrected chi connectivity index (χ4v) is 8.93. The van der Waals surface area contributed by atoms with Gasteiger partial charge in [-0.1, -0.05) is 97.1 Å². The number of nitrogens with zero attached hydrogens (tertiary/aromatic N) is 4. The van der Waals surface area contributed by atoms with Gasteiger partial charge in [0.15, 0.2) is 0 Å². The topological polar surface area (TPSA) is 43.6 Å². The molecule has 1 aliphatic rings. The number of fused-ring (bicyclic) bond motifs is 9. The minimum Gasteiger partial charge on any atom is -0.260 e. The normalized spacial score (nSPS) is 13.3. The Labute approximate surface area is 273 Å². The predicted molar refractivity (Wildman–Crippen MR) is 196 cm³/mol. The Hall–Kier alpha value is -5.30. The van der Waals surface area contributed by atoms with Crippen LogP contribution in [0.2, 0.25) is 0 Å². The number of thiol groups is 1. The van der Waals surface area contributed by atoms with Crippen molar-refractivity contribution in [1.29, 1.82) is 0 Å². The predicted octanol–water partition coefficient (Wildman–Crippen LogP) is 10.9. The monoisotopic (exact) mass is 624 g/mol. The maximum atomic E-state index is 5.44. The van der Waals surface area contributed by atoms with Crippen LogP contribution in [0.1, 0.15) is 12.0 Å². The lowest BCUT2D eigenvalue weighted by molar-refractivity contribution is 0.990. The van der Waals surface area contributed by atoms with Crippen molar-refractivity contribution in [2.45, 2.75) is 11.3 Å². The van der Waals surface area contributed by atoms with Gasteiger partial charge in [-0.15, -0.1) is 24.0 Å². The van der Waals surface area contributed by atoms with Crippen LogP contribution < -0.4 is 0 Å². The Bertz CT molecular complexity index is 2800. The number of para-hydroxylation sites is 1. The van der Waals surface area contributed by atoms with Gasteiger partial charge in [-0.2, -0.15) is 0 Å². The molecule has 0 spiro atoms. The minimum atomic E-state index is 0.584. The number of thiophene rings is 1. The molecule has 216 valence electrons. The van der Waals surface area contributed by atoms with E-state index in [1.165, 1.54) is 36.5 Å². The zero-order chi connectivity index (χ0) is 30.4. The fourth-order valence-electron chi connectivity index (χ4n) is 7.23. The SMILES string of the molecule is Sc1c(C2=CC=CC2)c2ccccc2c2c3cccnc3n(-c3nc(-c4cccc5c4sc4ccccc45)c4ccccc4n3)c12. The van der Waals surface area contributed by atoms with E-state index in [1.807, 2.05) is 29.7 Å². The highest BCUT2D eigenvalue weighted by atomic mass is 32.1. The van der Waals surface area contributed by atoms with Crippen LogP contribution in [0.5, 0.6) is 0 Å². The van der Waals surface area contributed by atoms with Gasteiger partial charge in [0.2, 0.25) is 5.95 Å². The van der Waals surface area contributed by atoms with Crippen molar-refractivity contribution < 1.29 is 0 Å². The number of hydrogen-bond donors (Lipinski definition) is 1. The largest absolute Gasteiger partial charge is 0.260 e. The van der Waals surface area contributed by atoms with Gasteiger partial charge in [0, 0.05) is 58.6 Å². The van der Waals surface area contributed by atoms with Gasteiger partial charge in [0.1, 0.15) is 5.65 Å². The van der Waals surface area contributed by atoms with Crippen molar-refractivity contribution in [1.82, 2.24) is 19.5 Å². The first kappa shape index (κ1) is 26.0. The maximum Gasteiger partial charge on any atom is 0.237 e. The maximum absolute atomic E-state index is 5.44. The molecule has 4 nitrogen and oxygen atoms in total. The second-order valence-electron chi connectivity index (χ2n) is 11.7. The first-order valence-electron chi connectivity index (χ1n) is 15.3. The third-order valence-corrected chi connectivity index (χ3v) is 10.9. The Balaban J connectivity index is 1.36. The van der Waals surface area contributed by atoms with Gasteiger partial charge in [-0.25, -0.2) is 15.0 Å². The van der Waals surface area contributed by atoms with E-state index in [1.54, 1.807) is 0 Å². The standard InChI is InChI=1S/C40H24N4S2/c45-37-33(23-11-1-2-12-23)25-14-3-4-15-26(25)34-29-19-10-22-41-39(29)44(36(34)37)40-42-31-20-7-5-16-28(31)35(43-40)30-18-9-17-27-24-13-6-8-21-32(24)46-38(27)30/h1-11,13-22,45H,12H2. The summed E-state index contributed by atoms with van der Waals surface area (Å²) in [6.07, 6.45) is 9.26. The van der Waals surface area contributed by atoms with Gasteiger partial charge in [0.05, 0.1) is 16.7 Å². The Morgan fingerprint density at radius 3 is 2.33 bits per heavy atom. The molecule has 46 heavy (non-hydrogen) atoms. The number of pyridine rings is 1. The summed E-state index contributed by atoms with van der Waals surface area (Å²) in [5, 5.41) is 8.06. The molecule has 0 N–H and O–H groups in total. The van der Waals surface area contributed by atoms with Crippen LogP contribution in [0, 0.1) is 0 Å². The Morgan fingerprint density at radius 2 is 1.46 bits per heavy atom. The van der Waals surface area contributed by atoms with Crippen molar-refractivity contribution in [3.05, 3.63) is 133 Å². The quantitative estimate of drug-likeness (QED) is 0.199. The van der Waals surface area contributed by atoms with Crippen LogP contribution in [0.3, 0.4) is 0 Å². The number of aromatic nitrogens is 4. The van der Waals surface area contributed by atoms with E-state index in [2.05, 4.69) is 114 Å². The molecule has 0 saturated heterocycles. The van der Waals surface area contributed by atoms with Crippen molar-refractivity contribution in [3.8, 4) is 17.2 Å². The lowest BCUT2D eigenvalue weighted by atomic mass is 9.94. The van der Waals surface area contributed by atoms with Gasteiger partial charge in [-0.3, -0.25) is 4.57 Å². The molecule has 5 aromatic carbocycles. The highest BCUT2D eigenvalue weighted by Gasteiger charge is 2.25. The third-order valence-electron chi connectivity index (χ3n) is 9.20. The molecule has 0 unspecified atom stereocenters. The Kier molecular flexibility index (Phi) is 5.56. The average Bonchev–Trinajstić information content (AvgIpc) is 3.85. The molecule has 1 aliphatic carbocycles. The zero-order valence-corrected chi connectivity index (χ0v) is 26.2. The van der Waals surface area contributed by atoms with Crippen LogP contribution in [0.25, 0.3) is 86.6 Å². The molecule has 0 aliphatic heterocycles. The van der Waals surface area contributed by atoms with Gasteiger partial charge >= 0.3 is 0 Å². The van der Waals surface area contributed by atoms with Gasteiger partial charge in [-0.05, 0) is 47.0 Å². The van der Waals surface area contributed by atoms with Gasteiger partial charge < -0.3 is 0 Å². The summed E-state index contributed by atoms with van der Waals surface area (Å²) in [6.45, 7) is 0. The van der Waals surface area contributed by atoms with Crippen molar-refractivity contribution >= 4 is 93.3 Å². The molecule has 0 amide bonds. The van der Waals surface area contributed by atoms with E-state index >= 15 is 0 Å². The van der Waals surface area contributed by atoms with Crippen molar-refractivity contribution in [3.63, 3.8) is 0 Å². The van der Waals surface area contributed by atoms with Crippen LogP contribution in [-0.4, -0.2) is 19.5 Å². The second-order valence-corrected chi connectivity index (χ2v) is 13.2. The van der Waals surface area contributed by atoms with E-state index in [4.69, 9.17) is 27.6 Å². The van der Waals surface area contributed by atoms with E-state index < -0.39 is 0 Å². The van der Waals surface area contributed by atoms with Crippen molar-refractivity contribution in [2.75, 3.05) is 0 Å². The fraction of sp³-hybridized carbons (Fsp3) is 0.0250. The van der Waals surface area contributed by atoms with Crippen LogP contribution in [0.4, 0.5) is 0 Å². The number of allylic oxidation sites excluding steroid dienone is 4. The smallest absolute Gasteiger partial charge is 0.237 e. The molecule has 0 bridgehead atoms. The molecule has 0 radical (unpaired) electrons. The van der Waals surface area contributed by atoms with E-state index in [0.717, 1.165) is 61.0 Å². The average molecular weight is 625 g/mol. The van der Waals surface area contributed by atoms with Gasteiger partial charge in [0.25, 0.3) is 0 Å². The summed E-state index contributed by atoms with van der Waals surface area (Å²) in [5.41, 5.74) is 7.09. The second kappa shape index (κ2) is 9.85. The molecule has 0 atom stereocenters. The molecule has 0 saturated carbocycles. The van der Waals surface area contributed by atoms with E-state index in [-0.39, 0.29) is 0 Å². The summed E-state index contributed by atoms with van der Waals surface area (Å²) in [5.74, 6) is 0.584. The Morgan fingerprint density at radius 1 is 0.696 bits per heavy atom. The first-order valence-corrected chi connectivity index (χ1v) is 16.6. The number of hydrogen-bond acceptors (Lipinski definition) is 5. The molecule has 4 aromatic heterocycles. The minimum absolute atomic E-state index is 0.584. The van der Waals surface area contributed by atoms with Crippen LogP contribution in [-0.2, 0) is 0 Å². The van der Waals surface area contributed by atoms with Crippen molar-refractivity contribution in [2.24, 2.45) is 0 Å². The lowest BCUT2D eigenvalue weighted by Gasteiger charge is -2.16. The van der Waals surface area contributed by atoms with Crippen LogP contribution >= 0.6 is 24.0 Å². The third kappa shape index (κ3) is 3.59. The van der Waals surface area contributed by atoms with Crippen LogP contribution in [0.15, 0.2) is 132 Å². The highest BCUT2D eigenvalue weighted by Crippen LogP contribution is 2.46. The lowest BCUT2D eigenvalue weighted by Crippen LogP contribution is -2.05. The first-order chi connectivity index (χ1) is 22.8. The molecule has 10 rings (SSSR count). The molecular formula is C40H24N4S2. The summed E-state index contributed by atoms with van der Waals surface area (Å²) < 4.78 is 4.63. The van der Waals surface area contributed by atoms with E-state index in [0.29, 0.717) is 5.95 Å². The molecule has 6 heteroatoms. The zero-order valence-electron chi connectivity index (χ0n) is 24.5. The number of benzene rings is 5. The number of rotatable bonds is 3. The summed E-state index contributed by atoms with van der Waals surface area (Å²) >= 11 is 7.14. The molecule has 9 aromatic rings. The molecule has 0 fully saturated rings. The summed E-state index contributed by atoms with van der Waals surface area (Å²) in [6, 6.07) is 36.3. The summed E-state index contributed by atoms with van der Waals surface area (Å²) in [7, 11) is 0. The molecule has 4 heterocycles. The van der Waals surface area contributed by atoms with E-state index in [9.17, 15) is 0 Å². The highest BCUT2D eigenvalue weighted by molar-refractivity contribution is 7.80. The molecular weight excluding hydrogens is 601 g/mol.